The van der Waals surface area contributed by atoms with Crippen molar-refractivity contribution in [2.45, 2.75) is 26.5 Å². The fourth-order valence-electron chi connectivity index (χ4n) is 3.50. The van der Waals surface area contributed by atoms with Gasteiger partial charge < -0.3 is 19.8 Å². The summed E-state index contributed by atoms with van der Waals surface area (Å²) >= 11 is 0. The van der Waals surface area contributed by atoms with Crippen LogP contribution >= 0.6 is 0 Å². The lowest BCUT2D eigenvalue weighted by Crippen LogP contribution is -3.28. The fourth-order valence-corrected chi connectivity index (χ4v) is 3.50. The van der Waals surface area contributed by atoms with Crippen LogP contribution < -0.4 is 14.7 Å². The van der Waals surface area contributed by atoms with Gasteiger partial charge in [0, 0.05) is 5.56 Å². The van der Waals surface area contributed by atoms with Crippen LogP contribution in [0.2, 0.25) is 0 Å². The molecule has 0 aliphatic carbocycles. The summed E-state index contributed by atoms with van der Waals surface area (Å²) in [6, 6.07) is 10.8. The van der Waals surface area contributed by atoms with Crippen molar-refractivity contribution in [1.82, 2.24) is 0 Å². The van der Waals surface area contributed by atoms with Gasteiger partial charge in [-0.1, -0.05) is 30.3 Å². The van der Waals surface area contributed by atoms with Crippen molar-refractivity contribution in [2.24, 2.45) is 0 Å². The molecule has 0 bridgehead atoms. The van der Waals surface area contributed by atoms with Crippen LogP contribution in [0.1, 0.15) is 19.4 Å². The van der Waals surface area contributed by atoms with E-state index in [1.807, 2.05) is 0 Å². The van der Waals surface area contributed by atoms with Crippen molar-refractivity contribution in [2.75, 3.05) is 52.4 Å². The third kappa shape index (κ3) is 5.69. The summed E-state index contributed by atoms with van der Waals surface area (Å²) in [5.41, 5.74) is 1.44. The number of aliphatic hydroxyl groups excluding tert-OH is 1. The van der Waals surface area contributed by atoms with Gasteiger partial charge in [0.05, 0.1) is 13.1 Å². The first-order valence-corrected chi connectivity index (χ1v) is 8.94. The smallest absolute Gasteiger partial charge is 0.152 e. The van der Waals surface area contributed by atoms with E-state index in [9.17, 15) is 5.11 Å². The zero-order valence-electron chi connectivity index (χ0n) is 14.3. The number of likely N-dealkylation sites (N-methyl/N-ethyl adjacent to an activating group) is 1. The van der Waals surface area contributed by atoms with Crippen molar-refractivity contribution in [3.63, 3.8) is 0 Å². The van der Waals surface area contributed by atoms with Crippen LogP contribution in [0.4, 0.5) is 0 Å². The highest BCUT2D eigenvalue weighted by molar-refractivity contribution is 5.13. The van der Waals surface area contributed by atoms with Crippen LogP contribution in [-0.2, 0) is 6.54 Å². The number of hydrogen-bond acceptors (Lipinski definition) is 1. The number of piperazine rings is 1. The van der Waals surface area contributed by atoms with Crippen LogP contribution in [0.5, 0.6) is 0 Å². The summed E-state index contributed by atoms with van der Waals surface area (Å²) in [4.78, 5) is 4.76. The van der Waals surface area contributed by atoms with E-state index in [1.165, 1.54) is 36.6 Å². The minimum absolute atomic E-state index is 0.152. The van der Waals surface area contributed by atoms with Crippen LogP contribution in [0.3, 0.4) is 0 Å². The van der Waals surface area contributed by atoms with Crippen LogP contribution in [0, 0.1) is 0 Å². The molecule has 1 fully saturated rings. The normalized spacial score (nSPS) is 23.6. The molecule has 2 rings (SSSR count). The molecule has 0 unspecified atom stereocenters. The molecule has 0 aromatic heterocycles. The number of aliphatic hydroxyl groups is 1. The molecule has 1 aromatic carbocycles. The van der Waals surface area contributed by atoms with Gasteiger partial charge in [0.15, 0.2) is 6.10 Å². The van der Waals surface area contributed by atoms with Crippen molar-refractivity contribution >= 4 is 0 Å². The Balaban J connectivity index is 1.68. The molecule has 0 saturated carbocycles. The number of hydrogen-bond donors (Lipinski definition) is 4. The van der Waals surface area contributed by atoms with E-state index in [-0.39, 0.29) is 6.10 Å². The standard InChI is InChI=1S/C18H31N3O/c1-3-19(4-2)15-18(22)16-21-12-10-20(11-13-21)14-17-8-6-5-7-9-17/h5-9,18,22H,3-4,10-16H2,1-2H3/p+3/t18-/m1/s1. The number of quaternary nitrogens is 3. The van der Waals surface area contributed by atoms with E-state index < -0.39 is 0 Å². The number of nitrogens with one attached hydrogen (secondary N) is 3. The highest BCUT2D eigenvalue weighted by Gasteiger charge is 2.26. The molecule has 1 aliphatic rings. The molecule has 1 saturated heterocycles. The molecule has 0 spiro atoms. The Labute approximate surface area is 135 Å². The van der Waals surface area contributed by atoms with Crippen LogP contribution in [0.15, 0.2) is 30.3 Å². The van der Waals surface area contributed by atoms with Gasteiger partial charge in [0.25, 0.3) is 0 Å². The van der Waals surface area contributed by atoms with Gasteiger partial charge in [-0.15, -0.1) is 0 Å². The summed E-state index contributed by atoms with van der Waals surface area (Å²) in [5.74, 6) is 0. The molecule has 0 radical (unpaired) electrons. The minimum Gasteiger partial charge on any atom is -0.382 e. The third-order valence-corrected chi connectivity index (χ3v) is 5.01. The molecule has 22 heavy (non-hydrogen) atoms. The second-order valence-corrected chi connectivity index (χ2v) is 6.68. The Morgan fingerprint density at radius 3 is 2.18 bits per heavy atom. The van der Waals surface area contributed by atoms with Gasteiger partial charge in [-0.2, -0.15) is 0 Å². The molecule has 1 aliphatic heterocycles. The lowest BCUT2D eigenvalue weighted by molar-refractivity contribution is -1.02. The monoisotopic (exact) mass is 308 g/mol. The SMILES string of the molecule is CC[NH+](CC)C[C@@H](O)C[NH+]1CC[NH+](Cc2ccccc2)CC1. The molecule has 4 N–H and O–H groups in total. The molecule has 1 heterocycles. The van der Waals surface area contributed by atoms with Gasteiger partial charge in [-0.3, -0.25) is 0 Å². The molecule has 4 heteroatoms. The van der Waals surface area contributed by atoms with Gasteiger partial charge in [-0.05, 0) is 13.8 Å². The molecular weight excluding hydrogens is 274 g/mol. The van der Waals surface area contributed by atoms with Gasteiger partial charge in [0.1, 0.15) is 45.8 Å². The van der Waals surface area contributed by atoms with E-state index in [0.29, 0.717) is 0 Å². The highest BCUT2D eigenvalue weighted by Crippen LogP contribution is 1.95. The highest BCUT2D eigenvalue weighted by atomic mass is 16.3. The largest absolute Gasteiger partial charge is 0.382 e. The summed E-state index contributed by atoms with van der Waals surface area (Å²) in [7, 11) is 0. The van der Waals surface area contributed by atoms with E-state index in [4.69, 9.17) is 0 Å². The first-order chi connectivity index (χ1) is 10.7. The fraction of sp³-hybridized carbons (Fsp3) is 0.667. The van der Waals surface area contributed by atoms with Gasteiger partial charge in [0.2, 0.25) is 0 Å². The van der Waals surface area contributed by atoms with E-state index >= 15 is 0 Å². The Bertz CT molecular complexity index is 400. The molecular formula is C18H34N3O+3. The van der Waals surface area contributed by atoms with E-state index in [1.54, 1.807) is 9.80 Å². The molecule has 1 aromatic rings. The first kappa shape index (κ1) is 17.4. The van der Waals surface area contributed by atoms with Gasteiger partial charge >= 0.3 is 0 Å². The molecule has 4 nitrogen and oxygen atoms in total. The zero-order chi connectivity index (χ0) is 15.8. The second kappa shape index (κ2) is 9.26. The maximum atomic E-state index is 10.3. The Hall–Kier alpha value is -0.940. The average Bonchev–Trinajstić information content (AvgIpc) is 2.55. The molecule has 1 atom stereocenters. The van der Waals surface area contributed by atoms with Crippen molar-refractivity contribution in [3.05, 3.63) is 35.9 Å². The summed E-state index contributed by atoms with van der Waals surface area (Å²) < 4.78 is 0. The lowest BCUT2D eigenvalue weighted by atomic mass is 10.2. The average molecular weight is 308 g/mol. The van der Waals surface area contributed by atoms with Crippen molar-refractivity contribution in [1.29, 1.82) is 0 Å². The summed E-state index contributed by atoms with van der Waals surface area (Å²) in [5, 5.41) is 10.3. The summed E-state index contributed by atoms with van der Waals surface area (Å²) in [6.07, 6.45) is -0.152. The molecule has 124 valence electrons. The van der Waals surface area contributed by atoms with E-state index in [2.05, 4.69) is 44.2 Å². The lowest BCUT2D eigenvalue weighted by Gasteiger charge is -2.31. The summed E-state index contributed by atoms with van der Waals surface area (Å²) in [6.45, 7) is 14.4. The van der Waals surface area contributed by atoms with E-state index in [0.717, 1.165) is 32.7 Å². The Kier molecular flexibility index (Phi) is 7.33. The quantitative estimate of drug-likeness (QED) is 0.413. The predicted octanol–water partition coefficient (Wildman–Crippen LogP) is -2.74. The second-order valence-electron chi connectivity index (χ2n) is 6.68. The predicted molar refractivity (Wildman–Crippen MR) is 89.3 cm³/mol. The Morgan fingerprint density at radius 2 is 1.59 bits per heavy atom. The zero-order valence-corrected chi connectivity index (χ0v) is 14.3. The first-order valence-electron chi connectivity index (χ1n) is 8.94. The van der Waals surface area contributed by atoms with Crippen molar-refractivity contribution < 1.29 is 19.8 Å². The van der Waals surface area contributed by atoms with Gasteiger partial charge in [-0.25, -0.2) is 0 Å². The van der Waals surface area contributed by atoms with Crippen molar-refractivity contribution in [3.8, 4) is 0 Å². The number of rotatable bonds is 8. The number of benzene rings is 1. The van der Waals surface area contributed by atoms with Crippen LogP contribution in [-0.4, -0.2) is 63.6 Å². The maximum Gasteiger partial charge on any atom is 0.152 e. The topological polar surface area (TPSA) is 33.6 Å². The van der Waals surface area contributed by atoms with Crippen LogP contribution in [0.25, 0.3) is 0 Å². The molecule has 0 amide bonds. The Morgan fingerprint density at radius 1 is 1.00 bits per heavy atom. The minimum atomic E-state index is -0.152. The maximum absolute atomic E-state index is 10.3. The third-order valence-electron chi connectivity index (χ3n) is 5.01.